The average Bonchev–Trinajstić information content (AvgIpc) is 2.71. The van der Waals surface area contributed by atoms with E-state index in [1.165, 1.54) is 0 Å². The van der Waals surface area contributed by atoms with Gasteiger partial charge in [0, 0.05) is 23.7 Å². The molecule has 1 aromatic heterocycles. The van der Waals surface area contributed by atoms with Crippen molar-refractivity contribution in [3.63, 3.8) is 0 Å². The van der Waals surface area contributed by atoms with E-state index >= 15 is 0 Å². The molecule has 1 fully saturated rings. The predicted octanol–water partition coefficient (Wildman–Crippen LogP) is 3.67. The van der Waals surface area contributed by atoms with Crippen LogP contribution < -0.4 is 16.1 Å². The molecule has 4 rings (SSSR count). The first-order valence-corrected chi connectivity index (χ1v) is 9.28. The van der Waals surface area contributed by atoms with Gasteiger partial charge in [-0.2, -0.15) is 0 Å². The standard InChI is InChI=1S/C22H22N2O3.ClH/c1-14-19(25)17-10-5-11-18(22(26)24-16-9-6-12-23-13-16)21(17)27-20(14)15-7-3-2-4-8-15;/h2-5,7-8,10-11,16,23H,6,9,12-13H2,1H3,(H,24,26);1H/t16-;/m0./s1. The topological polar surface area (TPSA) is 71.3 Å². The number of fused-ring (bicyclic) bond motifs is 1. The molecule has 2 N–H and O–H groups in total. The summed E-state index contributed by atoms with van der Waals surface area (Å²) in [5, 5.41) is 6.78. The number of rotatable bonds is 3. The van der Waals surface area contributed by atoms with Crippen molar-refractivity contribution in [2.45, 2.75) is 25.8 Å². The molecule has 1 amide bonds. The molecule has 1 saturated heterocycles. The molecule has 2 aromatic carbocycles. The van der Waals surface area contributed by atoms with Crippen molar-refractivity contribution in [3.05, 3.63) is 69.9 Å². The molecule has 0 unspecified atom stereocenters. The van der Waals surface area contributed by atoms with Crippen LogP contribution in [0.15, 0.2) is 57.7 Å². The van der Waals surface area contributed by atoms with E-state index in [1.54, 1.807) is 25.1 Å². The zero-order chi connectivity index (χ0) is 18.8. The molecular weight excluding hydrogens is 376 g/mol. The van der Waals surface area contributed by atoms with E-state index in [4.69, 9.17) is 4.42 Å². The number of para-hydroxylation sites is 1. The first-order chi connectivity index (χ1) is 13.1. The zero-order valence-corrected chi connectivity index (χ0v) is 16.5. The summed E-state index contributed by atoms with van der Waals surface area (Å²) >= 11 is 0. The molecule has 0 saturated carbocycles. The van der Waals surface area contributed by atoms with Gasteiger partial charge in [0.15, 0.2) is 11.0 Å². The van der Waals surface area contributed by atoms with E-state index in [1.807, 2.05) is 30.3 Å². The first kappa shape index (κ1) is 20.1. The van der Waals surface area contributed by atoms with Crippen LogP contribution in [0.1, 0.15) is 28.8 Å². The fraction of sp³-hybridized carbons (Fsp3) is 0.273. The Labute approximate surface area is 169 Å². The number of hydrogen-bond acceptors (Lipinski definition) is 4. The highest BCUT2D eigenvalue weighted by Gasteiger charge is 2.21. The first-order valence-electron chi connectivity index (χ1n) is 9.28. The third-order valence-electron chi connectivity index (χ3n) is 5.06. The molecule has 5 nitrogen and oxygen atoms in total. The van der Waals surface area contributed by atoms with Gasteiger partial charge in [-0.05, 0) is 38.4 Å². The molecular formula is C22H23ClN2O3. The summed E-state index contributed by atoms with van der Waals surface area (Å²) in [6.45, 7) is 3.50. The van der Waals surface area contributed by atoms with Gasteiger partial charge < -0.3 is 15.1 Å². The minimum absolute atomic E-state index is 0. The quantitative estimate of drug-likeness (QED) is 0.706. The number of halogens is 1. The van der Waals surface area contributed by atoms with E-state index in [9.17, 15) is 9.59 Å². The lowest BCUT2D eigenvalue weighted by Gasteiger charge is -2.24. The van der Waals surface area contributed by atoms with Crippen LogP contribution in [0, 0.1) is 6.92 Å². The van der Waals surface area contributed by atoms with Crippen molar-refractivity contribution < 1.29 is 9.21 Å². The monoisotopic (exact) mass is 398 g/mol. The third-order valence-corrected chi connectivity index (χ3v) is 5.06. The lowest BCUT2D eigenvalue weighted by molar-refractivity contribution is 0.0931. The van der Waals surface area contributed by atoms with Gasteiger partial charge in [0.05, 0.1) is 10.9 Å². The molecule has 146 valence electrons. The fourth-order valence-corrected chi connectivity index (χ4v) is 3.59. The largest absolute Gasteiger partial charge is 0.455 e. The van der Waals surface area contributed by atoms with Gasteiger partial charge in [-0.15, -0.1) is 12.4 Å². The van der Waals surface area contributed by atoms with Gasteiger partial charge >= 0.3 is 0 Å². The van der Waals surface area contributed by atoms with Crippen LogP contribution in [0.2, 0.25) is 0 Å². The van der Waals surface area contributed by atoms with Crippen LogP contribution in [0.4, 0.5) is 0 Å². The number of carbonyl (C=O) groups is 1. The number of nitrogens with one attached hydrogen (secondary N) is 2. The summed E-state index contributed by atoms with van der Waals surface area (Å²) in [4.78, 5) is 25.8. The van der Waals surface area contributed by atoms with Crippen molar-refractivity contribution in [1.29, 1.82) is 0 Å². The highest BCUT2D eigenvalue weighted by Crippen LogP contribution is 2.27. The van der Waals surface area contributed by atoms with E-state index in [-0.39, 0.29) is 29.8 Å². The molecule has 6 heteroatoms. The van der Waals surface area contributed by atoms with Gasteiger partial charge in [-0.3, -0.25) is 9.59 Å². The Morgan fingerprint density at radius 2 is 1.93 bits per heavy atom. The molecule has 1 aliphatic heterocycles. The Bertz CT molecular complexity index is 1040. The molecule has 0 aliphatic carbocycles. The molecule has 3 aromatic rings. The molecule has 0 radical (unpaired) electrons. The van der Waals surface area contributed by atoms with Crippen LogP contribution in [0.25, 0.3) is 22.3 Å². The second-order valence-electron chi connectivity index (χ2n) is 6.95. The van der Waals surface area contributed by atoms with Crippen molar-refractivity contribution in [2.24, 2.45) is 0 Å². The third kappa shape index (κ3) is 3.81. The molecule has 0 bridgehead atoms. The Morgan fingerprint density at radius 1 is 1.14 bits per heavy atom. The Morgan fingerprint density at radius 3 is 2.64 bits per heavy atom. The van der Waals surface area contributed by atoms with Crippen LogP contribution in [-0.2, 0) is 0 Å². The van der Waals surface area contributed by atoms with Crippen molar-refractivity contribution in [2.75, 3.05) is 13.1 Å². The Hall–Kier alpha value is -2.63. The number of benzene rings is 2. The fourth-order valence-electron chi connectivity index (χ4n) is 3.59. The summed E-state index contributed by atoms with van der Waals surface area (Å²) in [6.07, 6.45) is 1.98. The van der Waals surface area contributed by atoms with E-state index < -0.39 is 0 Å². The highest BCUT2D eigenvalue weighted by molar-refractivity contribution is 6.05. The second kappa shape index (κ2) is 8.59. The van der Waals surface area contributed by atoms with Gasteiger partial charge in [-0.25, -0.2) is 0 Å². The number of carbonyl (C=O) groups excluding carboxylic acids is 1. The van der Waals surface area contributed by atoms with Crippen LogP contribution in [-0.4, -0.2) is 25.0 Å². The van der Waals surface area contributed by atoms with Crippen molar-refractivity contribution in [1.82, 2.24) is 10.6 Å². The van der Waals surface area contributed by atoms with Crippen molar-refractivity contribution >= 4 is 29.3 Å². The van der Waals surface area contributed by atoms with Gasteiger partial charge in [-0.1, -0.05) is 36.4 Å². The van der Waals surface area contributed by atoms with Gasteiger partial charge in [0.1, 0.15) is 5.76 Å². The Kier molecular flexibility index (Phi) is 6.17. The summed E-state index contributed by atoms with van der Waals surface area (Å²) in [5.74, 6) is 0.299. The molecule has 1 atom stereocenters. The zero-order valence-electron chi connectivity index (χ0n) is 15.7. The van der Waals surface area contributed by atoms with E-state index in [0.717, 1.165) is 31.5 Å². The van der Waals surface area contributed by atoms with Gasteiger partial charge in [0.2, 0.25) is 0 Å². The number of piperidine rings is 1. The molecule has 0 spiro atoms. The predicted molar refractivity (Wildman–Crippen MR) is 113 cm³/mol. The van der Waals surface area contributed by atoms with Crippen LogP contribution in [0.5, 0.6) is 0 Å². The van der Waals surface area contributed by atoms with E-state index in [2.05, 4.69) is 10.6 Å². The molecule has 2 heterocycles. The summed E-state index contributed by atoms with van der Waals surface area (Å²) in [7, 11) is 0. The SMILES string of the molecule is Cc1c(-c2ccccc2)oc2c(C(=O)N[C@H]3CCCNC3)cccc2c1=O.Cl. The maximum absolute atomic E-state index is 12.9. The summed E-state index contributed by atoms with van der Waals surface area (Å²) < 4.78 is 6.12. The molecule has 1 aliphatic rings. The van der Waals surface area contributed by atoms with Crippen LogP contribution in [0.3, 0.4) is 0 Å². The molecule has 28 heavy (non-hydrogen) atoms. The average molecular weight is 399 g/mol. The summed E-state index contributed by atoms with van der Waals surface area (Å²) in [5.41, 5.74) is 1.99. The van der Waals surface area contributed by atoms with E-state index in [0.29, 0.717) is 27.9 Å². The van der Waals surface area contributed by atoms with Crippen LogP contribution >= 0.6 is 12.4 Å². The number of amides is 1. The smallest absolute Gasteiger partial charge is 0.255 e. The van der Waals surface area contributed by atoms with Crippen molar-refractivity contribution in [3.8, 4) is 11.3 Å². The number of hydrogen-bond donors (Lipinski definition) is 2. The second-order valence-corrected chi connectivity index (χ2v) is 6.95. The lowest BCUT2D eigenvalue weighted by atomic mass is 10.0. The summed E-state index contributed by atoms with van der Waals surface area (Å²) in [6, 6.07) is 14.7. The normalized spacial score (nSPS) is 16.4. The maximum atomic E-state index is 12.9. The lowest BCUT2D eigenvalue weighted by Crippen LogP contribution is -2.45. The minimum Gasteiger partial charge on any atom is -0.455 e. The Balaban J connectivity index is 0.00000225. The van der Waals surface area contributed by atoms with Gasteiger partial charge in [0.25, 0.3) is 5.91 Å². The maximum Gasteiger partial charge on any atom is 0.255 e. The minimum atomic E-state index is -0.208. The highest BCUT2D eigenvalue weighted by atomic mass is 35.5.